The number of alkyl halides is 3. The number of hydrogen-bond acceptors (Lipinski definition) is 2. The standard InChI is InChI=1S/C13H14F3NO3/c14-13(15,16)10-3-1-2-8(6-10)9-4-5-17(12(19)20)11(18)7-9/h1-3,6,9,11,18H,4-5,7H2,(H,19,20). The van der Waals surface area contributed by atoms with Crippen molar-refractivity contribution in [2.24, 2.45) is 0 Å². The Balaban J connectivity index is 2.16. The highest BCUT2D eigenvalue weighted by atomic mass is 19.4. The number of halogens is 3. The van der Waals surface area contributed by atoms with Crippen LogP contribution in [0.5, 0.6) is 0 Å². The van der Waals surface area contributed by atoms with Crippen molar-refractivity contribution in [3.63, 3.8) is 0 Å². The van der Waals surface area contributed by atoms with Gasteiger partial charge in [-0.3, -0.25) is 4.90 Å². The first-order chi connectivity index (χ1) is 9.29. The molecule has 0 radical (unpaired) electrons. The molecule has 1 aliphatic heterocycles. The van der Waals surface area contributed by atoms with Crippen LogP contribution in [-0.4, -0.2) is 34.0 Å². The first-order valence-corrected chi connectivity index (χ1v) is 6.14. The number of carbonyl (C=O) groups is 1. The number of nitrogens with zero attached hydrogens (tertiary/aromatic N) is 1. The monoisotopic (exact) mass is 289 g/mol. The van der Waals surface area contributed by atoms with Gasteiger partial charge in [0.05, 0.1) is 5.56 Å². The maximum absolute atomic E-state index is 12.6. The molecule has 2 N–H and O–H groups in total. The van der Waals surface area contributed by atoms with Gasteiger partial charge in [-0.15, -0.1) is 0 Å². The molecule has 1 aliphatic rings. The van der Waals surface area contributed by atoms with E-state index in [-0.39, 0.29) is 18.9 Å². The number of aliphatic hydroxyl groups is 1. The zero-order valence-corrected chi connectivity index (χ0v) is 10.5. The van der Waals surface area contributed by atoms with Gasteiger partial charge in [0.15, 0.2) is 0 Å². The van der Waals surface area contributed by atoms with Gasteiger partial charge in [-0.1, -0.05) is 18.2 Å². The van der Waals surface area contributed by atoms with Gasteiger partial charge in [-0.2, -0.15) is 13.2 Å². The number of rotatable bonds is 1. The van der Waals surface area contributed by atoms with E-state index in [1.807, 2.05) is 0 Å². The summed E-state index contributed by atoms with van der Waals surface area (Å²) in [5.74, 6) is -0.275. The lowest BCUT2D eigenvalue weighted by atomic mass is 9.88. The smallest absolute Gasteiger partial charge is 0.416 e. The van der Waals surface area contributed by atoms with E-state index in [1.54, 1.807) is 6.07 Å². The molecule has 0 spiro atoms. The van der Waals surface area contributed by atoms with E-state index in [2.05, 4.69) is 0 Å². The van der Waals surface area contributed by atoms with Crippen LogP contribution in [0.4, 0.5) is 18.0 Å². The third kappa shape index (κ3) is 3.04. The number of amides is 1. The molecule has 1 aromatic rings. The molecule has 0 saturated carbocycles. The van der Waals surface area contributed by atoms with Crippen molar-refractivity contribution < 1.29 is 28.2 Å². The number of carboxylic acid groups (broad SMARTS) is 1. The third-order valence-electron chi connectivity index (χ3n) is 3.50. The minimum Gasteiger partial charge on any atom is -0.465 e. The zero-order valence-electron chi connectivity index (χ0n) is 10.5. The van der Waals surface area contributed by atoms with Crippen molar-refractivity contribution in [2.75, 3.05) is 6.54 Å². The van der Waals surface area contributed by atoms with E-state index in [0.717, 1.165) is 17.0 Å². The van der Waals surface area contributed by atoms with Gasteiger partial charge in [0.1, 0.15) is 6.23 Å². The van der Waals surface area contributed by atoms with E-state index in [0.29, 0.717) is 12.0 Å². The first-order valence-electron chi connectivity index (χ1n) is 6.14. The predicted molar refractivity (Wildman–Crippen MR) is 64.2 cm³/mol. The topological polar surface area (TPSA) is 60.8 Å². The second kappa shape index (κ2) is 5.32. The molecule has 2 atom stereocenters. The normalized spacial score (nSPS) is 23.7. The molecular formula is C13H14F3NO3. The summed E-state index contributed by atoms with van der Waals surface area (Å²) in [6.45, 7) is 0.109. The Labute approximate surface area is 113 Å². The largest absolute Gasteiger partial charge is 0.465 e. The number of piperidine rings is 1. The number of aliphatic hydroxyl groups excluding tert-OH is 1. The van der Waals surface area contributed by atoms with Crippen molar-refractivity contribution in [2.45, 2.75) is 31.2 Å². The molecule has 4 nitrogen and oxygen atoms in total. The minimum absolute atomic E-state index is 0.105. The first kappa shape index (κ1) is 14.6. The maximum atomic E-state index is 12.6. The molecule has 0 aliphatic carbocycles. The molecule has 1 amide bonds. The summed E-state index contributed by atoms with van der Waals surface area (Å²) < 4.78 is 37.9. The predicted octanol–water partition coefficient (Wildman–Crippen LogP) is 2.88. The van der Waals surface area contributed by atoms with Gasteiger partial charge in [0.25, 0.3) is 0 Å². The molecule has 1 fully saturated rings. The SMILES string of the molecule is O=C(O)N1CCC(c2cccc(C(F)(F)F)c2)CC1O. The average Bonchev–Trinajstić information content (AvgIpc) is 2.37. The minimum atomic E-state index is -4.41. The van der Waals surface area contributed by atoms with E-state index in [9.17, 15) is 23.1 Å². The average molecular weight is 289 g/mol. The summed E-state index contributed by atoms with van der Waals surface area (Å²) >= 11 is 0. The summed E-state index contributed by atoms with van der Waals surface area (Å²) in [6, 6.07) is 4.96. The fourth-order valence-corrected chi connectivity index (χ4v) is 2.44. The quantitative estimate of drug-likeness (QED) is 0.835. The molecular weight excluding hydrogens is 275 g/mol. The van der Waals surface area contributed by atoms with Gasteiger partial charge in [0.2, 0.25) is 0 Å². The summed E-state index contributed by atoms with van der Waals surface area (Å²) in [5.41, 5.74) is -0.255. The molecule has 110 valence electrons. The molecule has 0 bridgehead atoms. The van der Waals surface area contributed by atoms with Crippen LogP contribution in [-0.2, 0) is 6.18 Å². The van der Waals surface area contributed by atoms with Crippen LogP contribution >= 0.6 is 0 Å². The Bertz CT molecular complexity index is 504. The fourth-order valence-electron chi connectivity index (χ4n) is 2.44. The van der Waals surface area contributed by atoms with Crippen molar-refractivity contribution in [1.82, 2.24) is 4.90 Å². The van der Waals surface area contributed by atoms with E-state index in [4.69, 9.17) is 5.11 Å². The van der Waals surface area contributed by atoms with E-state index >= 15 is 0 Å². The lowest BCUT2D eigenvalue weighted by Crippen LogP contribution is -2.44. The number of benzene rings is 1. The fraction of sp³-hybridized carbons (Fsp3) is 0.462. The third-order valence-corrected chi connectivity index (χ3v) is 3.50. The van der Waals surface area contributed by atoms with Crippen LogP contribution < -0.4 is 0 Å². The Morgan fingerprint density at radius 1 is 1.35 bits per heavy atom. The Morgan fingerprint density at radius 3 is 2.60 bits per heavy atom. The molecule has 1 aromatic carbocycles. The van der Waals surface area contributed by atoms with Crippen LogP contribution in [0, 0.1) is 0 Å². The lowest BCUT2D eigenvalue weighted by molar-refractivity contribution is -0.137. The van der Waals surface area contributed by atoms with Gasteiger partial charge >= 0.3 is 12.3 Å². The number of likely N-dealkylation sites (tertiary alicyclic amines) is 1. The Morgan fingerprint density at radius 2 is 2.05 bits per heavy atom. The molecule has 1 heterocycles. The molecule has 2 unspecified atom stereocenters. The Kier molecular flexibility index (Phi) is 3.89. The summed E-state index contributed by atoms with van der Waals surface area (Å²) in [6.07, 6.45) is -6.31. The summed E-state index contributed by atoms with van der Waals surface area (Å²) in [7, 11) is 0. The van der Waals surface area contributed by atoms with Gasteiger partial charge in [-0.05, 0) is 30.4 Å². The number of hydrogen-bond donors (Lipinski definition) is 2. The highest BCUT2D eigenvalue weighted by Crippen LogP contribution is 2.35. The molecule has 7 heteroatoms. The second-order valence-electron chi connectivity index (χ2n) is 4.80. The van der Waals surface area contributed by atoms with Crippen molar-refractivity contribution in [3.8, 4) is 0 Å². The van der Waals surface area contributed by atoms with Crippen LogP contribution in [0.3, 0.4) is 0 Å². The van der Waals surface area contributed by atoms with Crippen LogP contribution in [0.2, 0.25) is 0 Å². The van der Waals surface area contributed by atoms with Crippen LogP contribution in [0.15, 0.2) is 24.3 Å². The van der Waals surface area contributed by atoms with Crippen molar-refractivity contribution in [3.05, 3.63) is 35.4 Å². The van der Waals surface area contributed by atoms with Gasteiger partial charge in [0, 0.05) is 6.54 Å². The molecule has 2 rings (SSSR count). The maximum Gasteiger partial charge on any atom is 0.416 e. The molecule has 20 heavy (non-hydrogen) atoms. The van der Waals surface area contributed by atoms with Crippen molar-refractivity contribution >= 4 is 6.09 Å². The lowest BCUT2D eigenvalue weighted by Gasteiger charge is -2.34. The van der Waals surface area contributed by atoms with Gasteiger partial charge in [-0.25, -0.2) is 4.79 Å². The highest BCUT2D eigenvalue weighted by Gasteiger charge is 2.33. The van der Waals surface area contributed by atoms with Crippen LogP contribution in [0.25, 0.3) is 0 Å². The summed E-state index contributed by atoms with van der Waals surface area (Å²) in [4.78, 5) is 11.7. The zero-order chi connectivity index (χ0) is 14.9. The van der Waals surface area contributed by atoms with E-state index in [1.165, 1.54) is 6.07 Å². The Hall–Kier alpha value is -1.76. The second-order valence-corrected chi connectivity index (χ2v) is 4.80. The summed E-state index contributed by atoms with van der Waals surface area (Å²) in [5, 5.41) is 18.6. The van der Waals surface area contributed by atoms with E-state index < -0.39 is 24.1 Å². The van der Waals surface area contributed by atoms with Gasteiger partial charge < -0.3 is 10.2 Å². The highest BCUT2D eigenvalue weighted by molar-refractivity contribution is 5.65. The van der Waals surface area contributed by atoms with Crippen LogP contribution in [0.1, 0.15) is 29.9 Å². The van der Waals surface area contributed by atoms with Crippen molar-refractivity contribution in [1.29, 1.82) is 0 Å². The molecule has 0 aromatic heterocycles. The molecule has 1 saturated heterocycles.